The molecule has 5 heteroatoms. The maximum absolute atomic E-state index is 12.0. The molecule has 0 aliphatic rings. The summed E-state index contributed by atoms with van der Waals surface area (Å²) in [5.74, 6) is 5.15. The second-order valence-electron chi connectivity index (χ2n) is 5.30. The third-order valence-corrected chi connectivity index (χ3v) is 2.21. The van der Waals surface area contributed by atoms with Crippen LogP contribution in [0, 0.1) is 5.41 Å². The van der Waals surface area contributed by atoms with Gasteiger partial charge in [-0.05, 0) is 17.5 Å². The van der Waals surface area contributed by atoms with Crippen LogP contribution in [0.1, 0.15) is 31.3 Å². The van der Waals surface area contributed by atoms with Crippen LogP contribution in [0.5, 0.6) is 0 Å². The van der Waals surface area contributed by atoms with Gasteiger partial charge in [-0.1, -0.05) is 20.8 Å². The Bertz CT molecular complexity index is 380. The largest absolute Gasteiger partial charge is 0.340 e. The number of carbonyl (C=O) groups excluding carboxylic acids is 1. The number of nitrogens with two attached hydrogens (primary N) is 1. The van der Waals surface area contributed by atoms with Gasteiger partial charge in [-0.2, -0.15) is 0 Å². The van der Waals surface area contributed by atoms with Crippen molar-refractivity contribution in [2.45, 2.75) is 20.8 Å². The number of anilines is 1. The van der Waals surface area contributed by atoms with Crippen molar-refractivity contribution in [3.63, 3.8) is 0 Å². The zero-order chi connectivity index (χ0) is 13.1. The van der Waals surface area contributed by atoms with E-state index in [9.17, 15) is 4.79 Å². The highest BCUT2D eigenvalue weighted by Gasteiger charge is 2.19. The van der Waals surface area contributed by atoms with Crippen molar-refractivity contribution in [1.29, 1.82) is 0 Å². The number of hydrogen-bond donors (Lipinski definition) is 2. The molecule has 1 aromatic rings. The number of hydrazine groups is 1. The lowest BCUT2D eigenvalue weighted by atomic mass is 9.96. The fourth-order valence-electron chi connectivity index (χ4n) is 1.58. The molecule has 0 aliphatic carbocycles. The molecule has 0 radical (unpaired) electrons. The van der Waals surface area contributed by atoms with Crippen LogP contribution in [0.2, 0.25) is 0 Å². The summed E-state index contributed by atoms with van der Waals surface area (Å²) in [5, 5.41) is 0. The molecule has 0 unspecified atom stereocenters. The Morgan fingerprint density at radius 3 is 2.53 bits per heavy atom. The Kier molecular flexibility index (Phi) is 4.07. The van der Waals surface area contributed by atoms with E-state index in [0.29, 0.717) is 17.9 Å². The minimum atomic E-state index is -0.0801. The summed E-state index contributed by atoms with van der Waals surface area (Å²) in [6.07, 6.45) is 1.54. The number of carbonyl (C=O) groups is 1. The second-order valence-corrected chi connectivity index (χ2v) is 5.30. The lowest BCUT2D eigenvalue weighted by Crippen LogP contribution is -2.34. The van der Waals surface area contributed by atoms with Crippen LogP contribution in [-0.4, -0.2) is 29.4 Å². The van der Waals surface area contributed by atoms with Crippen LogP contribution in [0.15, 0.2) is 18.3 Å². The Morgan fingerprint density at radius 2 is 2.12 bits per heavy atom. The minimum absolute atomic E-state index is 0.0726. The average Bonchev–Trinajstić information content (AvgIpc) is 2.26. The molecule has 0 aromatic carbocycles. The van der Waals surface area contributed by atoms with Crippen molar-refractivity contribution in [2.75, 3.05) is 19.0 Å². The highest BCUT2D eigenvalue weighted by molar-refractivity contribution is 5.92. The predicted octanol–water partition coefficient (Wildman–Crippen LogP) is 1.49. The normalized spacial score (nSPS) is 11.1. The SMILES string of the molecule is CN(CC(C)(C)C)C(=O)c1ccc(NN)cn1. The van der Waals surface area contributed by atoms with Crippen LogP contribution < -0.4 is 11.3 Å². The molecule has 0 saturated heterocycles. The van der Waals surface area contributed by atoms with Gasteiger partial charge in [-0.3, -0.25) is 10.6 Å². The predicted molar refractivity (Wildman–Crippen MR) is 68.5 cm³/mol. The lowest BCUT2D eigenvalue weighted by molar-refractivity contribution is 0.0740. The van der Waals surface area contributed by atoms with E-state index in [1.807, 2.05) is 0 Å². The summed E-state index contributed by atoms with van der Waals surface area (Å²) in [6.45, 7) is 6.95. The molecular formula is C12H20N4O. The molecule has 17 heavy (non-hydrogen) atoms. The van der Waals surface area contributed by atoms with Gasteiger partial charge in [0.05, 0.1) is 11.9 Å². The molecule has 1 amide bonds. The van der Waals surface area contributed by atoms with Crippen molar-refractivity contribution in [1.82, 2.24) is 9.88 Å². The first-order chi connectivity index (χ1) is 7.83. The van der Waals surface area contributed by atoms with E-state index in [-0.39, 0.29) is 11.3 Å². The molecule has 0 fully saturated rings. The first-order valence-electron chi connectivity index (χ1n) is 5.51. The number of pyridine rings is 1. The van der Waals surface area contributed by atoms with E-state index in [2.05, 4.69) is 31.2 Å². The summed E-state index contributed by atoms with van der Waals surface area (Å²) in [4.78, 5) is 17.8. The maximum atomic E-state index is 12.0. The smallest absolute Gasteiger partial charge is 0.272 e. The van der Waals surface area contributed by atoms with Crippen LogP contribution in [0.3, 0.4) is 0 Å². The molecule has 0 aliphatic heterocycles. The summed E-state index contributed by atoms with van der Waals surface area (Å²) < 4.78 is 0. The number of amides is 1. The first kappa shape index (κ1) is 13.4. The maximum Gasteiger partial charge on any atom is 0.272 e. The third kappa shape index (κ3) is 4.03. The monoisotopic (exact) mass is 236 g/mol. The fraction of sp³-hybridized carbons (Fsp3) is 0.500. The van der Waals surface area contributed by atoms with Crippen molar-refractivity contribution in [3.05, 3.63) is 24.0 Å². The van der Waals surface area contributed by atoms with Crippen LogP contribution in [0.25, 0.3) is 0 Å². The van der Waals surface area contributed by atoms with E-state index >= 15 is 0 Å². The van der Waals surface area contributed by atoms with Crippen LogP contribution in [0.4, 0.5) is 5.69 Å². The Balaban J connectivity index is 2.75. The summed E-state index contributed by atoms with van der Waals surface area (Å²) in [6, 6.07) is 3.39. The zero-order valence-corrected chi connectivity index (χ0v) is 10.8. The van der Waals surface area contributed by atoms with Gasteiger partial charge in [0.1, 0.15) is 5.69 Å². The van der Waals surface area contributed by atoms with E-state index in [4.69, 9.17) is 5.84 Å². The lowest BCUT2D eigenvalue weighted by Gasteiger charge is -2.26. The standard InChI is InChI=1S/C12H20N4O/c1-12(2,3)8-16(4)11(17)10-6-5-9(15-13)7-14-10/h5-7,15H,8,13H2,1-4H3. The molecule has 0 spiro atoms. The number of nitrogen functional groups attached to an aromatic ring is 1. The van der Waals surface area contributed by atoms with E-state index in [1.54, 1.807) is 24.1 Å². The van der Waals surface area contributed by atoms with Crippen molar-refractivity contribution >= 4 is 11.6 Å². The van der Waals surface area contributed by atoms with Crippen molar-refractivity contribution in [2.24, 2.45) is 11.3 Å². The highest BCUT2D eigenvalue weighted by atomic mass is 16.2. The van der Waals surface area contributed by atoms with Gasteiger partial charge in [-0.15, -0.1) is 0 Å². The van der Waals surface area contributed by atoms with Crippen LogP contribution in [-0.2, 0) is 0 Å². The van der Waals surface area contributed by atoms with Crippen LogP contribution >= 0.6 is 0 Å². The Hall–Kier alpha value is -1.62. The molecule has 1 rings (SSSR count). The number of nitrogens with zero attached hydrogens (tertiary/aromatic N) is 2. The number of rotatable bonds is 3. The summed E-state index contributed by atoms with van der Waals surface area (Å²) in [7, 11) is 1.78. The van der Waals surface area contributed by atoms with Gasteiger partial charge in [-0.25, -0.2) is 4.98 Å². The molecule has 0 saturated carbocycles. The zero-order valence-electron chi connectivity index (χ0n) is 10.8. The summed E-state index contributed by atoms with van der Waals surface area (Å²) in [5.41, 5.74) is 3.65. The van der Waals surface area contributed by atoms with E-state index in [1.165, 1.54) is 6.20 Å². The fourth-order valence-corrected chi connectivity index (χ4v) is 1.58. The van der Waals surface area contributed by atoms with Crippen molar-refractivity contribution < 1.29 is 4.79 Å². The van der Waals surface area contributed by atoms with Gasteiger partial charge < -0.3 is 10.3 Å². The minimum Gasteiger partial charge on any atom is -0.340 e. The average molecular weight is 236 g/mol. The Labute approximate surface area is 102 Å². The van der Waals surface area contributed by atoms with Gasteiger partial charge in [0.15, 0.2) is 0 Å². The first-order valence-corrected chi connectivity index (χ1v) is 5.51. The molecule has 5 nitrogen and oxygen atoms in total. The third-order valence-electron chi connectivity index (χ3n) is 2.21. The second kappa shape index (κ2) is 5.14. The highest BCUT2D eigenvalue weighted by Crippen LogP contribution is 2.15. The molecular weight excluding hydrogens is 216 g/mol. The van der Waals surface area contributed by atoms with E-state index in [0.717, 1.165) is 0 Å². The molecule has 1 heterocycles. The van der Waals surface area contributed by atoms with E-state index < -0.39 is 0 Å². The van der Waals surface area contributed by atoms with Gasteiger partial charge >= 0.3 is 0 Å². The van der Waals surface area contributed by atoms with Gasteiger partial charge in [0.2, 0.25) is 0 Å². The quantitative estimate of drug-likeness (QED) is 0.616. The van der Waals surface area contributed by atoms with Gasteiger partial charge in [0.25, 0.3) is 5.91 Å². The Morgan fingerprint density at radius 1 is 1.47 bits per heavy atom. The number of hydrogen-bond acceptors (Lipinski definition) is 4. The molecule has 94 valence electrons. The molecule has 1 aromatic heterocycles. The number of aromatic nitrogens is 1. The van der Waals surface area contributed by atoms with Crippen molar-refractivity contribution in [3.8, 4) is 0 Å². The molecule has 3 N–H and O–H groups in total. The molecule has 0 bridgehead atoms. The molecule has 0 atom stereocenters. The van der Waals surface area contributed by atoms with Gasteiger partial charge in [0, 0.05) is 13.6 Å². The topological polar surface area (TPSA) is 71.2 Å². The summed E-state index contributed by atoms with van der Waals surface area (Å²) >= 11 is 0. The number of nitrogens with one attached hydrogen (secondary N) is 1.